The van der Waals surface area contributed by atoms with Gasteiger partial charge in [0.15, 0.2) is 0 Å². The molecule has 152 valence electrons. The molecule has 1 aromatic heterocycles. The highest BCUT2D eigenvalue weighted by Crippen LogP contribution is 2.19. The van der Waals surface area contributed by atoms with Crippen molar-refractivity contribution in [3.63, 3.8) is 0 Å². The second-order valence-electron chi connectivity index (χ2n) is 6.97. The molecule has 3 amide bonds. The Morgan fingerprint density at radius 1 is 1.17 bits per heavy atom. The lowest BCUT2D eigenvalue weighted by molar-refractivity contribution is -0.118. The molecule has 3 rings (SSSR count). The number of aromatic nitrogens is 2. The van der Waals surface area contributed by atoms with Crippen LogP contribution < -0.4 is 26.7 Å². The summed E-state index contributed by atoms with van der Waals surface area (Å²) < 4.78 is 0. The molecule has 2 heterocycles. The van der Waals surface area contributed by atoms with Crippen LogP contribution in [0.1, 0.15) is 19.8 Å². The van der Waals surface area contributed by atoms with E-state index in [1.807, 2.05) is 37.0 Å². The van der Waals surface area contributed by atoms with Crippen molar-refractivity contribution in [2.75, 3.05) is 42.1 Å². The summed E-state index contributed by atoms with van der Waals surface area (Å²) in [5, 5.41) is 12.0. The van der Waals surface area contributed by atoms with E-state index in [4.69, 9.17) is 0 Å². The molecular weight excluding hydrogens is 369 g/mol. The normalized spacial score (nSPS) is 13.1. The third-order valence-electron chi connectivity index (χ3n) is 4.53. The molecule has 1 aliphatic heterocycles. The number of nitrogens with one attached hydrogen (secondary N) is 4. The van der Waals surface area contributed by atoms with Crippen LogP contribution in [-0.4, -0.2) is 60.8 Å². The molecule has 10 heteroatoms. The Hall–Kier alpha value is -3.30. The van der Waals surface area contributed by atoms with E-state index in [1.54, 1.807) is 6.20 Å². The molecule has 2 aromatic rings. The maximum atomic E-state index is 12.3. The number of hydrogen-bond acceptors (Lipinski definition) is 6. The molecule has 0 atom stereocenters. The standard InChI is InChI=1S/C19H26BN7O2/c1-13(28)21-7-8-22-17-16(20)12-23-18(26-17)24-14-5-4-6-15(11-14)25-19(29)27-9-2-3-10-27/h4-6,11-12H,2-3,7-10,20H2,1H3,(H,21,28)(H,25,29)(H2,22,23,24,26). The van der Waals surface area contributed by atoms with E-state index in [0.29, 0.717) is 30.5 Å². The fraction of sp³-hybridized carbons (Fsp3) is 0.368. The Kier molecular flexibility index (Phi) is 6.88. The number of amides is 3. The summed E-state index contributed by atoms with van der Waals surface area (Å²) in [6.45, 7) is 4.17. The van der Waals surface area contributed by atoms with Gasteiger partial charge < -0.3 is 26.2 Å². The van der Waals surface area contributed by atoms with Gasteiger partial charge in [0.1, 0.15) is 13.7 Å². The zero-order chi connectivity index (χ0) is 20.6. The predicted octanol–water partition coefficient (Wildman–Crippen LogP) is 0.654. The van der Waals surface area contributed by atoms with Gasteiger partial charge in [0.2, 0.25) is 11.9 Å². The molecule has 4 N–H and O–H groups in total. The highest BCUT2D eigenvalue weighted by atomic mass is 16.2. The molecule has 1 aliphatic rings. The minimum absolute atomic E-state index is 0.0646. The summed E-state index contributed by atoms with van der Waals surface area (Å²) in [5.74, 6) is 1.08. The van der Waals surface area contributed by atoms with E-state index in [9.17, 15) is 9.59 Å². The van der Waals surface area contributed by atoms with E-state index in [-0.39, 0.29) is 11.9 Å². The first-order valence-corrected chi connectivity index (χ1v) is 9.76. The molecule has 0 bridgehead atoms. The molecular formula is C19H26BN7O2. The summed E-state index contributed by atoms with van der Waals surface area (Å²) in [4.78, 5) is 33.8. The molecule has 9 nitrogen and oxygen atoms in total. The number of urea groups is 1. The van der Waals surface area contributed by atoms with Crippen molar-refractivity contribution < 1.29 is 9.59 Å². The number of nitrogens with zero attached hydrogens (tertiary/aromatic N) is 3. The minimum atomic E-state index is -0.0723. The SMILES string of the molecule is Bc1cnc(Nc2cccc(NC(=O)N3CCCC3)c2)nc1NCCNC(C)=O. The number of likely N-dealkylation sites (tertiary alicyclic amines) is 1. The van der Waals surface area contributed by atoms with Crippen molar-refractivity contribution in [2.24, 2.45) is 0 Å². The summed E-state index contributed by atoms with van der Waals surface area (Å²) in [6.07, 6.45) is 3.84. The molecule has 0 aliphatic carbocycles. The van der Waals surface area contributed by atoms with Crippen LogP contribution in [0.15, 0.2) is 30.5 Å². The van der Waals surface area contributed by atoms with Crippen LogP contribution in [0.25, 0.3) is 0 Å². The van der Waals surface area contributed by atoms with Crippen LogP contribution in [0, 0.1) is 0 Å². The van der Waals surface area contributed by atoms with Gasteiger partial charge in [-0.2, -0.15) is 4.98 Å². The maximum Gasteiger partial charge on any atom is 0.321 e. The lowest BCUT2D eigenvalue weighted by Gasteiger charge is -2.16. The molecule has 1 aromatic carbocycles. The van der Waals surface area contributed by atoms with Crippen LogP contribution in [0.2, 0.25) is 0 Å². The van der Waals surface area contributed by atoms with Crippen molar-refractivity contribution >= 4 is 48.4 Å². The number of hydrogen-bond donors (Lipinski definition) is 4. The molecule has 1 saturated heterocycles. The van der Waals surface area contributed by atoms with Gasteiger partial charge >= 0.3 is 6.03 Å². The predicted molar refractivity (Wildman–Crippen MR) is 117 cm³/mol. The first kappa shape index (κ1) is 20.4. The Morgan fingerprint density at radius 2 is 1.93 bits per heavy atom. The van der Waals surface area contributed by atoms with Crippen molar-refractivity contribution in [3.8, 4) is 0 Å². The quantitative estimate of drug-likeness (QED) is 0.405. The van der Waals surface area contributed by atoms with Crippen LogP contribution in [0.5, 0.6) is 0 Å². The summed E-state index contributed by atoms with van der Waals surface area (Å²) in [7, 11) is 1.92. The third-order valence-corrected chi connectivity index (χ3v) is 4.53. The van der Waals surface area contributed by atoms with E-state index in [0.717, 1.165) is 37.1 Å². The first-order valence-electron chi connectivity index (χ1n) is 9.76. The van der Waals surface area contributed by atoms with Gasteiger partial charge in [0, 0.05) is 50.7 Å². The number of rotatable bonds is 7. The molecule has 0 radical (unpaired) electrons. The zero-order valence-corrected chi connectivity index (χ0v) is 16.8. The van der Waals surface area contributed by atoms with Crippen LogP contribution in [0.4, 0.5) is 27.9 Å². The fourth-order valence-electron chi connectivity index (χ4n) is 3.03. The van der Waals surface area contributed by atoms with Crippen LogP contribution in [0.3, 0.4) is 0 Å². The van der Waals surface area contributed by atoms with Crippen molar-refractivity contribution in [3.05, 3.63) is 30.5 Å². The van der Waals surface area contributed by atoms with Crippen molar-refractivity contribution in [1.29, 1.82) is 0 Å². The Balaban J connectivity index is 1.61. The van der Waals surface area contributed by atoms with Gasteiger partial charge in [-0.05, 0) is 36.5 Å². The summed E-state index contributed by atoms with van der Waals surface area (Å²) in [5.41, 5.74) is 2.40. The second-order valence-corrected chi connectivity index (χ2v) is 6.97. The average Bonchev–Trinajstić information content (AvgIpc) is 3.23. The van der Waals surface area contributed by atoms with Crippen molar-refractivity contribution in [2.45, 2.75) is 19.8 Å². The average molecular weight is 395 g/mol. The largest absolute Gasteiger partial charge is 0.369 e. The zero-order valence-electron chi connectivity index (χ0n) is 16.8. The van der Waals surface area contributed by atoms with Gasteiger partial charge in [0.05, 0.1) is 0 Å². The fourth-order valence-corrected chi connectivity index (χ4v) is 3.03. The van der Waals surface area contributed by atoms with Gasteiger partial charge in [-0.3, -0.25) is 4.79 Å². The number of anilines is 4. The lowest BCUT2D eigenvalue weighted by atomic mass is 9.99. The van der Waals surface area contributed by atoms with E-state index in [2.05, 4.69) is 31.2 Å². The summed E-state index contributed by atoms with van der Waals surface area (Å²) in [6, 6.07) is 7.38. The lowest BCUT2D eigenvalue weighted by Crippen LogP contribution is -2.32. The molecule has 1 fully saturated rings. The number of carbonyl (C=O) groups excluding carboxylic acids is 2. The van der Waals surface area contributed by atoms with Crippen molar-refractivity contribution in [1.82, 2.24) is 20.2 Å². The second kappa shape index (κ2) is 9.76. The van der Waals surface area contributed by atoms with Gasteiger partial charge in [0.25, 0.3) is 0 Å². The van der Waals surface area contributed by atoms with Gasteiger partial charge in [-0.15, -0.1) is 0 Å². The number of benzene rings is 1. The maximum absolute atomic E-state index is 12.3. The Bertz CT molecular complexity index is 871. The highest BCUT2D eigenvalue weighted by Gasteiger charge is 2.17. The van der Waals surface area contributed by atoms with E-state index >= 15 is 0 Å². The van der Waals surface area contributed by atoms with Gasteiger partial charge in [-0.25, -0.2) is 9.78 Å². The molecule has 0 saturated carbocycles. The van der Waals surface area contributed by atoms with E-state index in [1.165, 1.54) is 6.92 Å². The minimum Gasteiger partial charge on any atom is -0.369 e. The monoisotopic (exact) mass is 395 g/mol. The highest BCUT2D eigenvalue weighted by molar-refractivity contribution is 6.35. The number of carbonyl (C=O) groups is 2. The topological polar surface area (TPSA) is 111 Å². The Morgan fingerprint density at radius 3 is 2.69 bits per heavy atom. The van der Waals surface area contributed by atoms with Crippen LogP contribution >= 0.6 is 0 Å². The third kappa shape index (κ3) is 6.10. The Labute approximate surface area is 171 Å². The smallest absolute Gasteiger partial charge is 0.321 e. The summed E-state index contributed by atoms with van der Waals surface area (Å²) >= 11 is 0. The van der Waals surface area contributed by atoms with Gasteiger partial charge in [-0.1, -0.05) is 6.07 Å². The molecule has 29 heavy (non-hydrogen) atoms. The molecule has 0 unspecified atom stereocenters. The first-order chi connectivity index (χ1) is 14.0. The molecule has 0 spiro atoms. The van der Waals surface area contributed by atoms with E-state index < -0.39 is 0 Å². The van der Waals surface area contributed by atoms with Crippen LogP contribution in [-0.2, 0) is 4.79 Å².